The minimum absolute atomic E-state index is 0.180. The van der Waals surface area contributed by atoms with E-state index in [1.807, 2.05) is 18.2 Å². The van der Waals surface area contributed by atoms with Crippen LogP contribution in [0.5, 0.6) is 0 Å². The van der Waals surface area contributed by atoms with Gasteiger partial charge in [0.1, 0.15) is 0 Å². The fraction of sp³-hybridized carbons (Fsp3) is 0.353. The molecule has 0 saturated carbocycles. The van der Waals surface area contributed by atoms with E-state index in [9.17, 15) is 4.39 Å². The maximum absolute atomic E-state index is 14.2. The fourth-order valence-corrected chi connectivity index (χ4v) is 3.04. The number of H-pyrrole nitrogens is 1. The lowest BCUT2D eigenvalue weighted by atomic mass is 10.2. The van der Waals surface area contributed by atoms with Gasteiger partial charge in [-0.2, -0.15) is 10.1 Å². The van der Waals surface area contributed by atoms with E-state index >= 15 is 0 Å². The van der Waals surface area contributed by atoms with Crippen molar-refractivity contribution < 1.29 is 4.39 Å². The van der Waals surface area contributed by atoms with Crippen molar-refractivity contribution in [3.05, 3.63) is 36.4 Å². The summed E-state index contributed by atoms with van der Waals surface area (Å²) in [6.07, 6.45) is 3.99. The van der Waals surface area contributed by atoms with Gasteiger partial charge < -0.3 is 15.5 Å². The SMILES string of the molecule is CCC1CN(c2ncc(F)c(Nc3ccc4[nH]ncc4c3)n2)CCN1. The molecule has 130 valence electrons. The van der Waals surface area contributed by atoms with Crippen LogP contribution < -0.4 is 15.5 Å². The van der Waals surface area contributed by atoms with Crippen molar-refractivity contribution in [2.75, 3.05) is 29.9 Å². The summed E-state index contributed by atoms with van der Waals surface area (Å²) in [6.45, 7) is 4.65. The molecule has 4 rings (SSSR count). The van der Waals surface area contributed by atoms with Crippen LogP contribution in [0.15, 0.2) is 30.6 Å². The van der Waals surface area contributed by atoms with Crippen LogP contribution in [-0.4, -0.2) is 45.8 Å². The quantitative estimate of drug-likeness (QED) is 0.676. The van der Waals surface area contributed by atoms with Gasteiger partial charge in [-0.1, -0.05) is 6.92 Å². The number of hydrogen-bond acceptors (Lipinski definition) is 6. The molecule has 0 aliphatic carbocycles. The van der Waals surface area contributed by atoms with Gasteiger partial charge in [-0.3, -0.25) is 5.10 Å². The van der Waals surface area contributed by atoms with Crippen molar-refractivity contribution in [1.82, 2.24) is 25.5 Å². The average molecular weight is 341 g/mol. The maximum Gasteiger partial charge on any atom is 0.227 e. The molecule has 0 amide bonds. The van der Waals surface area contributed by atoms with Crippen molar-refractivity contribution in [2.24, 2.45) is 0 Å². The van der Waals surface area contributed by atoms with Gasteiger partial charge >= 0.3 is 0 Å². The van der Waals surface area contributed by atoms with Crippen molar-refractivity contribution >= 4 is 28.4 Å². The Kier molecular flexibility index (Phi) is 4.19. The van der Waals surface area contributed by atoms with Crippen molar-refractivity contribution in [3.8, 4) is 0 Å². The highest BCUT2D eigenvalue weighted by molar-refractivity contribution is 5.82. The van der Waals surface area contributed by atoms with Crippen LogP contribution in [0.25, 0.3) is 10.9 Å². The van der Waals surface area contributed by atoms with E-state index in [0.717, 1.165) is 42.6 Å². The van der Waals surface area contributed by atoms with Crippen molar-refractivity contribution in [2.45, 2.75) is 19.4 Å². The summed E-state index contributed by atoms with van der Waals surface area (Å²) in [5, 5.41) is 14.3. The van der Waals surface area contributed by atoms with Crippen LogP contribution in [-0.2, 0) is 0 Å². The molecule has 0 bridgehead atoms. The first-order chi connectivity index (χ1) is 12.2. The van der Waals surface area contributed by atoms with Crippen molar-refractivity contribution in [1.29, 1.82) is 0 Å². The highest BCUT2D eigenvalue weighted by Crippen LogP contribution is 2.23. The summed E-state index contributed by atoms with van der Waals surface area (Å²) < 4.78 is 14.2. The Hall–Kier alpha value is -2.74. The summed E-state index contributed by atoms with van der Waals surface area (Å²) >= 11 is 0. The predicted octanol–water partition coefficient (Wildman–Crippen LogP) is 2.42. The summed E-state index contributed by atoms with van der Waals surface area (Å²) in [5.74, 6) is 0.255. The summed E-state index contributed by atoms with van der Waals surface area (Å²) in [7, 11) is 0. The number of piperazine rings is 1. The summed E-state index contributed by atoms with van der Waals surface area (Å²) in [6, 6.07) is 6.06. The van der Waals surface area contributed by atoms with Gasteiger partial charge in [-0.15, -0.1) is 0 Å². The third-order valence-electron chi connectivity index (χ3n) is 4.47. The number of aromatic nitrogens is 4. The first-order valence-electron chi connectivity index (χ1n) is 8.44. The molecule has 0 radical (unpaired) electrons. The van der Waals surface area contributed by atoms with Crippen LogP contribution in [0.1, 0.15) is 13.3 Å². The van der Waals surface area contributed by atoms with E-state index in [4.69, 9.17) is 0 Å². The number of anilines is 3. The summed E-state index contributed by atoms with van der Waals surface area (Å²) in [4.78, 5) is 10.7. The molecular formula is C17H20FN7. The molecule has 1 atom stereocenters. The molecule has 1 saturated heterocycles. The normalized spacial score (nSPS) is 17.8. The molecular weight excluding hydrogens is 321 g/mol. The molecule has 3 N–H and O–H groups in total. The highest BCUT2D eigenvalue weighted by Gasteiger charge is 2.21. The second-order valence-electron chi connectivity index (χ2n) is 6.17. The Labute approximate surface area is 144 Å². The Bertz CT molecular complexity index is 878. The monoisotopic (exact) mass is 341 g/mol. The Morgan fingerprint density at radius 1 is 1.36 bits per heavy atom. The van der Waals surface area contributed by atoms with E-state index in [-0.39, 0.29) is 5.82 Å². The zero-order valence-corrected chi connectivity index (χ0v) is 14.0. The number of rotatable bonds is 4. The second-order valence-corrected chi connectivity index (χ2v) is 6.17. The lowest BCUT2D eigenvalue weighted by Crippen LogP contribution is -2.51. The maximum atomic E-state index is 14.2. The number of nitrogens with one attached hydrogen (secondary N) is 3. The van der Waals surface area contributed by atoms with E-state index in [2.05, 4.69) is 42.6 Å². The third-order valence-corrected chi connectivity index (χ3v) is 4.47. The van der Waals surface area contributed by atoms with Crippen LogP contribution in [0, 0.1) is 5.82 Å². The van der Waals surface area contributed by atoms with Crippen molar-refractivity contribution in [3.63, 3.8) is 0 Å². The third kappa shape index (κ3) is 3.25. The van der Waals surface area contributed by atoms with Gasteiger partial charge in [-0.05, 0) is 24.6 Å². The second kappa shape index (κ2) is 6.64. The molecule has 1 unspecified atom stereocenters. The molecule has 7 nitrogen and oxygen atoms in total. The summed E-state index contributed by atoms with van der Waals surface area (Å²) in [5.41, 5.74) is 1.69. The molecule has 1 aliphatic heterocycles. The molecule has 1 aromatic carbocycles. The molecule has 8 heteroatoms. The number of benzene rings is 1. The topological polar surface area (TPSA) is 81.8 Å². The van der Waals surface area contributed by atoms with Gasteiger partial charge in [0.2, 0.25) is 5.95 Å². The zero-order chi connectivity index (χ0) is 17.2. The number of hydrogen-bond donors (Lipinski definition) is 3. The van der Waals surface area contributed by atoms with E-state index < -0.39 is 5.82 Å². The van der Waals surface area contributed by atoms with Crippen LogP contribution in [0.3, 0.4) is 0 Å². The average Bonchev–Trinajstić information content (AvgIpc) is 3.11. The predicted molar refractivity (Wildman–Crippen MR) is 95.7 cm³/mol. The molecule has 3 heterocycles. The van der Waals surface area contributed by atoms with E-state index in [0.29, 0.717) is 12.0 Å². The lowest BCUT2D eigenvalue weighted by Gasteiger charge is -2.33. The van der Waals surface area contributed by atoms with Crippen LogP contribution in [0.4, 0.5) is 21.8 Å². The molecule has 1 aliphatic rings. The first kappa shape index (κ1) is 15.8. The number of aromatic amines is 1. The van der Waals surface area contributed by atoms with E-state index in [1.165, 1.54) is 6.20 Å². The van der Waals surface area contributed by atoms with Gasteiger partial charge in [0.25, 0.3) is 0 Å². The van der Waals surface area contributed by atoms with Crippen LogP contribution in [0.2, 0.25) is 0 Å². The number of halogens is 1. The largest absolute Gasteiger partial charge is 0.338 e. The number of fused-ring (bicyclic) bond motifs is 1. The smallest absolute Gasteiger partial charge is 0.227 e. The molecule has 3 aromatic rings. The Morgan fingerprint density at radius 2 is 2.28 bits per heavy atom. The Balaban J connectivity index is 1.58. The van der Waals surface area contributed by atoms with Gasteiger partial charge in [0.15, 0.2) is 11.6 Å². The minimum atomic E-state index is -0.474. The van der Waals surface area contributed by atoms with Crippen LogP contribution >= 0.6 is 0 Å². The van der Waals surface area contributed by atoms with Gasteiger partial charge in [0.05, 0.1) is 17.9 Å². The van der Waals surface area contributed by atoms with E-state index in [1.54, 1.807) is 6.20 Å². The zero-order valence-electron chi connectivity index (χ0n) is 14.0. The van der Waals surface area contributed by atoms with Gasteiger partial charge in [0, 0.05) is 36.7 Å². The highest BCUT2D eigenvalue weighted by atomic mass is 19.1. The molecule has 0 spiro atoms. The standard InChI is InChI=1S/C17H20FN7/c1-2-12-10-25(6-5-19-12)17-20-9-14(18)16(23-17)22-13-3-4-15-11(7-13)8-21-24-15/h3-4,7-9,12,19H,2,5-6,10H2,1H3,(H,21,24)(H,20,22,23). The first-order valence-corrected chi connectivity index (χ1v) is 8.44. The minimum Gasteiger partial charge on any atom is -0.338 e. The molecule has 1 fully saturated rings. The fourth-order valence-electron chi connectivity index (χ4n) is 3.04. The lowest BCUT2D eigenvalue weighted by molar-refractivity contribution is 0.442. The number of nitrogens with zero attached hydrogens (tertiary/aromatic N) is 4. The van der Waals surface area contributed by atoms with Gasteiger partial charge in [-0.25, -0.2) is 9.37 Å². The molecule has 2 aromatic heterocycles. The molecule has 25 heavy (non-hydrogen) atoms. The Morgan fingerprint density at radius 3 is 3.16 bits per heavy atom.